The molecule has 0 unspecified atom stereocenters. The van der Waals surface area contributed by atoms with Gasteiger partial charge in [0.25, 0.3) is 10.0 Å². The number of sulfonamides is 1. The van der Waals surface area contributed by atoms with Crippen LogP contribution >= 0.6 is 11.6 Å². The number of benzene rings is 2. The predicted octanol–water partition coefficient (Wildman–Crippen LogP) is 3.60. The number of carbonyl (C=O) groups is 1. The molecule has 23 heavy (non-hydrogen) atoms. The number of halogens is 1. The second kappa shape index (κ2) is 5.94. The Morgan fingerprint density at radius 1 is 1.04 bits per heavy atom. The minimum absolute atomic E-state index is 0.0299. The Kier molecular flexibility index (Phi) is 3.97. The molecular weight excluding hydrogens is 340 g/mol. The summed E-state index contributed by atoms with van der Waals surface area (Å²) in [6, 6.07) is 11.4. The topological polar surface area (TPSA) is 88.4 Å². The van der Waals surface area contributed by atoms with Crippen molar-refractivity contribution in [2.24, 2.45) is 0 Å². The molecule has 0 atom stereocenters. The lowest BCUT2D eigenvalue weighted by atomic mass is 10.3. The number of nitrogens with one attached hydrogen (secondary N) is 2. The van der Waals surface area contributed by atoms with Crippen molar-refractivity contribution in [1.82, 2.24) is 4.72 Å². The summed E-state index contributed by atoms with van der Waals surface area (Å²) in [6.07, 6.45) is 1.46. The van der Waals surface area contributed by atoms with Gasteiger partial charge in [-0.05, 0) is 48.5 Å². The highest BCUT2D eigenvalue weighted by atomic mass is 35.5. The molecule has 2 N–H and O–H groups in total. The van der Waals surface area contributed by atoms with E-state index in [-0.39, 0.29) is 4.90 Å². The first kappa shape index (κ1) is 15.4. The largest absolute Gasteiger partial charge is 0.464 e. The maximum atomic E-state index is 12.2. The summed E-state index contributed by atoms with van der Waals surface area (Å²) < 4.78 is 31.6. The molecule has 0 aliphatic rings. The van der Waals surface area contributed by atoms with Gasteiger partial charge in [0.15, 0.2) is 0 Å². The average Bonchev–Trinajstić information content (AvgIpc) is 2.96. The van der Waals surface area contributed by atoms with Gasteiger partial charge in [0.1, 0.15) is 5.58 Å². The molecule has 0 saturated heterocycles. The van der Waals surface area contributed by atoms with Gasteiger partial charge in [-0.15, -0.1) is 0 Å². The van der Waals surface area contributed by atoms with Gasteiger partial charge in [0, 0.05) is 16.1 Å². The Hall–Kier alpha value is -2.51. The molecule has 0 radical (unpaired) electrons. The van der Waals surface area contributed by atoms with Crippen LogP contribution in [0.1, 0.15) is 0 Å². The lowest BCUT2D eigenvalue weighted by molar-refractivity contribution is 0.256. The molecular formula is C15H11ClN2O4S. The van der Waals surface area contributed by atoms with E-state index in [1.54, 1.807) is 30.3 Å². The van der Waals surface area contributed by atoms with Gasteiger partial charge in [-0.3, -0.25) is 0 Å². The maximum absolute atomic E-state index is 12.2. The average molecular weight is 351 g/mol. The van der Waals surface area contributed by atoms with Crippen molar-refractivity contribution in [1.29, 1.82) is 0 Å². The highest BCUT2D eigenvalue weighted by molar-refractivity contribution is 7.90. The monoisotopic (exact) mass is 350 g/mol. The fourth-order valence-electron chi connectivity index (χ4n) is 1.98. The first-order chi connectivity index (χ1) is 10.9. The van der Waals surface area contributed by atoms with E-state index < -0.39 is 16.1 Å². The van der Waals surface area contributed by atoms with E-state index in [9.17, 15) is 13.2 Å². The summed E-state index contributed by atoms with van der Waals surface area (Å²) in [5.41, 5.74) is 0.988. The van der Waals surface area contributed by atoms with Gasteiger partial charge in [0.05, 0.1) is 11.2 Å². The van der Waals surface area contributed by atoms with Crippen LogP contribution in [0.5, 0.6) is 0 Å². The molecule has 3 rings (SSSR count). The molecule has 118 valence electrons. The van der Waals surface area contributed by atoms with Gasteiger partial charge in [-0.2, -0.15) is 0 Å². The van der Waals surface area contributed by atoms with Crippen molar-refractivity contribution >= 4 is 44.3 Å². The van der Waals surface area contributed by atoms with E-state index in [4.69, 9.17) is 16.0 Å². The summed E-state index contributed by atoms with van der Waals surface area (Å²) in [6.45, 7) is 0. The van der Waals surface area contributed by atoms with Gasteiger partial charge in [-0.25, -0.2) is 17.9 Å². The van der Waals surface area contributed by atoms with Crippen LogP contribution in [0.3, 0.4) is 0 Å². The first-order valence-corrected chi connectivity index (χ1v) is 8.37. The van der Waals surface area contributed by atoms with Crippen molar-refractivity contribution in [3.63, 3.8) is 0 Å². The van der Waals surface area contributed by atoms with Gasteiger partial charge >= 0.3 is 6.03 Å². The van der Waals surface area contributed by atoms with Crippen LogP contribution in [0.2, 0.25) is 5.02 Å². The number of urea groups is 1. The fourth-order valence-corrected chi connectivity index (χ4v) is 3.05. The van der Waals surface area contributed by atoms with Crippen LogP contribution in [-0.2, 0) is 10.0 Å². The normalized spacial score (nSPS) is 11.3. The minimum Gasteiger partial charge on any atom is -0.464 e. The second-order valence-electron chi connectivity index (χ2n) is 4.69. The number of amides is 2. The second-order valence-corrected chi connectivity index (χ2v) is 6.81. The summed E-state index contributed by atoms with van der Waals surface area (Å²) in [7, 11) is -3.99. The number of hydrogen-bond donors (Lipinski definition) is 2. The molecule has 0 bridgehead atoms. The Labute approximate surface area is 137 Å². The Balaban J connectivity index is 1.77. The van der Waals surface area contributed by atoms with Crippen molar-refractivity contribution in [3.05, 3.63) is 59.8 Å². The highest BCUT2D eigenvalue weighted by Gasteiger charge is 2.18. The quantitative estimate of drug-likeness (QED) is 0.755. The van der Waals surface area contributed by atoms with E-state index in [0.29, 0.717) is 21.7 Å². The van der Waals surface area contributed by atoms with Crippen LogP contribution in [0, 0.1) is 0 Å². The molecule has 1 aromatic heterocycles. The Morgan fingerprint density at radius 3 is 2.52 bits per heavy atom. The van der Waals surface area contributed by atoms with Crippen molar-refractivity contribution < 1.29 is 17.6 Å². The lowest BCUT2D eigenvalue weighted by Crippen LogP contribution is -2.34. The zero-order valence-corrected chi connectivity index (χ0v) is 13.2. The van der Waals surface area contributed by atoms with Gasteiger partial charge < -0.3 is 9.73 Å². The Bertz CT molecular complexity index is 965. The van der Waals surface area contributed by atoms with Crippen LogP contribution < -0.4 is 10.0 Å². The fraction of sp³-hybridized carbons (Fsp3) is 0. The van der Waals surface area contributed by atoms with Crippen LogP contribution in [0.4, 0.5) is 10.5 Å². The third-order valence-corrected chi connectivity index (χ3v) is 4.64. The van der Waals surface area contributed by atoms with Crippen LogP contribution in [0.25, 0.3) is 11.0 Å². The zero-order valence-electron chi connectivity index (χ0n) is 11.6. The summed E-state index contributed by atoms with van der Waals surface area (Å²) in [4.78, 5) is 11.8. The number of fused-ring (bicyclic) bond motifs is 1. The molecule has 2 aromatic carbocycles. The molecule has 0 aliphatic carbocycles. The third-order valence-electron chi connectivity index (χ3n) is 3.06. The number of furan rings is 1. The molecule has 1 heterocycles. The predicted molar refractivity (Wildman–Crippen MR) is 87.0 cm³/mol. The molecule has 0 fully saturated rings. The number of rotatable bonds is 3. The molecule has 0 aliphatic heterocycles. The van der Waals surface area contributed by atoms with E-state index in [0.717, 1.165) is 0 Å². The number of hydrogen-bond acceptors (Lipinski definition) is 4. The molecule has 0 saturated carbocycles. The SMILES string of the molecule is O=C(Nc1ccc(Cl)cc1)NS(=O)(=O)c1ccc2occc2c1. The van der Waals surface area contributed by atoms with Crippen molar-refractivity contribution in [3.8, 4) is 0 Å². The van der Waals surface area contributed by atoms with Gasteiger partial charge in [-0.1, -0.05) is 11.6 Å². The van der Waals surface area contributed by atoms with Crippen LogP contribution in [0.15, 0.2) is 64.1 Å². The Morgan fingerprint density at radius 2 is 1.78 bits per heavy atom. The van der Waals surface area contributed by atoms with E-state index in [1.807, 2.05) is 4.72 Å². The lowest BCUT2D eigenvalue weighted by Gasteiger charge is -2.08. The molecule has 0 spiro atoms. The summed E-state index contributed by atoms with van der Waals surface area (Å²) >= 11 is 5.74. The molecule has 8 heteroatoms. The standard InChI is InChI=1S/C15H11ClN2O4S/c16-11-1-3-12(4-2-11)17-15(19)18-23(20,21)13-5-6-14-10(9-13)7-8-22-14/h1-9H,(H2,17,18,19). The number of carbonyl (C=O) groups excluding carboxylic acids is 1. The molecule has 6 nitrogen and oxygen atoms in total. The maximum Gasteiger partial charge on any atom is 0.333 e. The smallest absolute Gasteiger partial charge is 0.333 e. The summed E-state index contributed by atoms with van der Waals surface area (Å²) in [5, 5.41) is 3.56. The third kappa shape index (κ3) is 3.46. The first-order valence-electron chi connectivity index (χ1n) is 6.51. The molecule has 3 aromatic rings. The molecule has 2 amide bonds. The highest BCUT2D eigenvalue weighted by Crippen LogP contribution is 2.20. The van der Waals surface area contributed by atoms with E-state index in [1.165, 1.54) is 24.5 Å². The van der Waals surface area contributed by atoms with Crippen LogP contribution in [-0.4, -0.2) is 14.4 Å². The number of anilines is 1. The van der Waals surface area contributed by atoms with Crippen molar-refractivity contribution in [2.45, 2.75) is 4.90 Å². The van der Waals surface area contributed by atoms with Crippen molar-refractivity contribution in [2.75, 3.05) is 5.32 Å². The van der Waals surface area contributed by atoms with E-state index in [2.05, 4.69) is 5.32 Å². The summed E-state index contributed by atoms with van der Waals surface area (Å²) in [5.74, 6) is 0. The van der Waals surface area contributed by atoms with Gasteiger partial charge in [0.2, 0.25) is 0 Å². The minimum atomic E-state index is -3.99. The van der Waals surface area contributed by atoms with E-state index >= 15 is 0 Å². The zero-order chi connectivity index (χ0) is 16.4.